The molecule has 2 aromatic heterocycles. The Morgan fingerprint density at radius 2 is 1.38 bits per heavy atom. The molecular weight excluding hydrogens is 947 g/mol. The standard InChI is InChI=1S/C47H53N9O10S3/c1-47(2,3)66-46(58)49-25-33(57)26-50-68(59,60)40-23-22-37(38-8-7-9-39-43(38)51-41(24-48)67-39)42(45-52-54-56(53-45)29-32-14-20-36(65-6)21-15-32)44(40)69(61,62)55(27-30-10-16-34(63-4)17-11-30)28-31-12-18-35(64-5)19-13-31/h7-23,33,50,57H,24-29,48H2,1-6H3,(H,49,58)/t33-/m1/s1. The number of para-hydroxylation sites is 1. The minimum absolute atomic E-state index is 0.103. The molecule has 7 rings (SSSR count). The van der Waals surface area contributed by atoms with Gasteiger partial charge in [-0.05, 0) is 96.8 Å². The summed E-state index contributed by atoms with van der Waals surface area (Å²) < 4.78 is 87.5. The Labute approximate surface area is 404 Å². The molecule has 7 aromatic rings. The van der Waals surface area contributed by atoms with Crippen molar-refractivity contribution in [3.05, 3.63) is 125 Å². The number of rotatable bonds is 20. The smallest absolute Gasteiger partial charge is 0.407 e. The maximum absolute atomic E-state index is 16.1. The van der Waals surface area contributed by atoms with E-state index >= 15 is 8.42 Å². The Kier molecular flexibility index (Phi) is 15.6. The van der Waals surface area contributed by atoms with Crippen molar-refractivity contribution in [2.45, 2.75) is 68.4 Å². The van der Waals surface area contributed by atoms with E-state index in [2.05, 4.69) is 20.4 Å². The minimum Gasteiger partial charge on any atom is -0.497 e. The van der Waals surface area contributed by atoms with Gasteiger partial charge < -0.3 is 35.1 Å². The number of methoxy groups -OCH3 is 3. The number of nitrogens with two attached hydrogens (primary N) is 1. The lowest BCUT2D eigenvalue weighted by atomic mass is 9.98. The number of thiazole rings is 1. The highest BCUT2D eigenvalue weighted by Crippen LogP contribution is 2.43. The first-order valence-corrected chi connectivity index (χ1v) is 25.2. The first-order valence-electron chi connectivity index (χ1n) is 21.5. The Morgan fingerprint density at radius 1 is 0.797 bits per heavy atom. The summed E-state index contributed by atoms with van der Waals surface area (Å²) in [6.45, 7) is 3.76. The number of nitrogens with one attached hydrogen (secondary N) is 2. The third-order valence-corrected chi connectivity index (χ3v) is 15.0. The second-order valence-electron chi connectivity index (χ2n) is 16.6. The van der Waals surface area contributed by atoms with Crippen LogP contribution in [0.2, 0.25) is 0 Å². The highest BCUT2D eigenvalue weighted by molar-refractivity contribution is 7.92. The van der Waals surface area contributed by atoms with Crippen molar-refractivity contribution in [2.75, 3.05) is 34.4 Å². The number of amides is 1. The number of aliphatic hydroxyl groups excluding tert-OH is 1. The zero-order valence-electron chi connectivity index (χ0n) is 38.7. The Balaban J connectivity index is 1.45. The second-order valence-corrected chi connectivity index (χ2v) is 21.4. The number of nitrogens with zero attached hydrogens (tertiary/aromatic N) is 6. The van der Waals surface area contributed by atoms with Gasteiger partial charge in [-0.3, -0.25) is 0 Å². The molecular formula is C47H53N9O10S3. The van der Waals surface area contributed by atoms with Gasteiger partial charge in [-0.25, -0.2) is 31.3 Å². The number of hydrogen-bond donors (Lipinski definition) is 4. The number of alkyl carbamates (subject to hydrolysis) is 1. The molecule has 0 radical (unpaired) electrons. The Morgan fingerprint density at radius 3 is 1.93 bits per heavy atom. The topological polar surface area (TPSA) is 252 Å². The number of ether oxygens (including phenoxy) is 4. The fourth-order valence-electron chi connectivity index (χ4n) is 7.18. The third kappa shape index (κ3) is 12.2. The van der Waals surface area contributed by atoms with Gasteiger partial charge in [0.05, 0.1) is 49.8 Å². The molecule has 5 N–H and O–H groups in total. The highest BCUT2D eigenvalue weighted by atomic mass is 32.2. The van der Waals surface area contributed by atoms with Gasteiger partial charge in [0.1, 0.15) is 37.6 Å². The van der Waals surface area contributed by atoms with Crippen LogP contribution in [0.1, 0.15) is 42.5 Å². The summed E-state index contributed by atoms with van der Waals surface area (Å²) in [4.78, 5) is 17.1. The molecule has 5 aromatic carbocycles. The van der Waals surface area contributed by atoms with Crippen molar-refractivity contribution < 1.29 is 45.7 Å². The van der Waals surface area contributed by atoms with Gasteiger partial charge in [0.25, 0.3) is 0 Å². The summed E-state index contributed by atoms with van der Waals surface area (Å²) in [5, 5.41) is 27.4. The number of aliphatic hydroxyl groups is 1. The average Bonchev–Trinajstić information content (AvgIpc) is 3.99. The molecule has 69 heavy (non-hydrogen) atoms. The van der Waals surface area contributed by atoms with Crippen molar-refractivity contribution in [1.29, 1.82) is 0 Å². The molecule has 364 valence electrons. The Bertz CT molecular complexity index is 3070. The van der Waals surface area contributed by atoms with E-state index in [1.165, 1.54) is 42.5 Å². The normalized spacial score (nSPS) is 12.5. The highest BCUT2D eigenvalue weighted by Gasteiger charge is 2.38. The number of sulfonamides is 2. The monoisotopic (exact) mass is 999 g/mol. The minimum atomic E-state index is -4.99. The number of aromatic nitrogens is 5. The molecule has 2 heterocycles. The average molecular weight is 1000 g/mol. The summed E-state index contributed by atoms with van der Waals surface area (Å²) in [5.41, 5.74) is 8.06. The van der Waals surface area contributed by atoms with Crippen molar-refractivity contribution in [3.63, 3.8) is 0 Å². The number of carbonyl (C=O) groups is 1. The summed E-state index contributed by atoms with van der Waals surface area (Å²) in [6.07, 6.45) is -2.29. The molecule has 0 unspecified atom stereocenters. The number of carbonyl (C=O) groups excluding carboxylic acids is 1. The van der Waals surface area contributed by atoms with E-state index in [9.17, 15) is 18.3 Å². The molecule has 19 nitrogen and oxygen atoms in total. The molecule has 1 amide bonds. The van der Waals surface area contributed by atoms with E-state index in [1.54, 1.807) is 101 Å². The lowest BCUT2D eigenvalue weighted by Gasteiger charge is -2.26. The van der Waals surface area contributed by atoms with Crippen LogP contribution in [0.5, 0.6) is 17.2 Å². The molecule has 0 aliphatic rings. The molecule has 0 aliphatic heterocycles. The van der Waals surface area contributed by atoms with E-state index in [0.29, 0.717) is 44.5 Å². The van der Waals surface area contributed by atoms with Gasteiger partial charge in [-0.2, -0.15) is 9.10 Å². The van der Waals surface area contributed by atoms with Gasteiger partial charge in [0.15, 0.2) is 0 Å². The van der Waals surface area contributed by atoms with E-state index in [1.807, 2.05) is 18.2 Å². The largest absolute Gasteiger partial charge is 0.497 e. The summed E-state index contributed by atoms with van der Waals surface area (Å²) in [5.74, 6) is 1.50. The molecule has 1 atom stereocenters. The zero-order valence-corrected chi connectivity index (χ0v) is 41.2. The van der Waals surface area contributed by atoms with E-state index < -0.39 is 60.7 Å². The van der Waals surface area contributed by atoms with Crippen LogP contribution >= 0.6 is 11.3 Å². The maximum Gasteiger partial charge on any atom is 0.407 e. The van der Waals surface area contributed by atoms with Gasteiger partial charge >= 0.3 is 6.09 Å². The van der Waals surface area contributed by atoms with Crippen LogP contribution in [0.4, 0.5) is 4.79 Å². The SMILES string of the molecule is COc1ccc(CN(Cc2ccc(OC)cc2)S(=O)(=O)c2c(S(=O)(=O)NC[C@H](O)CNC(=O)OC(C)(C)C)ccc(-c3cccc4sc(CN)nc34)c2-c2nnn(Cc3ccc(OC)cc3)n2)cc1. The summed E-state index contributed by atoms with van der Waals surface area (Å²) in [6, 6.07) is 28.8. The van der Waals surface area contributed by atoms with E-state index in [-0.39, 0.29) is 43.1 Å². The summed E-state index contributed by atoms with van der Waals surface area (Å²) >= 11 is 1.36. The number of fused-ring (bicyclic) bond motifs is 1. The molecule has 0 saturated carbocycles. The van der Waals surface area contributed by atoms with Crippen molar-refractivity contribution in [1.82, 2.24) is 39.5 Å². The van der Waals surface area contributed by atoms with E-state index in [4.69, 9.17) is 34.8 Å². The predicted octanol–water partition coefficient (Wildman–Crippen LogP) is 5.70. The first-order chi connectivity index (χ1) is 32.9. The van der Waals surface area contributed by atoms with Crippen LogP contribution in [-0.2, 0) is 51.0 Å². The second kappa shape index (κ2) is 21.4. The van der Waals surface area contributed by atoms with Crippen LogP contribution in [0.3, 0.4) is 0 Å². The van der Waals surface area contributed by atoms with Crippen molar-refractivity contribution in [2.24, 2.45) is 5.73 Å². The van der Waals surface area contributed by atoms with Crippen molar-refractivity contribution >= 4 is 47.7 Å². The van der Waals surface area contributed by atoms with Gasteiger partial charge in [0, 0.05) is 38.3 Å². The van der Waals surface area contributed by atoms with E-state index in [0.717, 1.165) is 14.6 Å². The first kappa shape index (κ1) is 50.3. The zero-order chi connectivity index (χ0) is 49.5. The lowest BCUT2D eigenvalue weighted by Crippen LogP contribution is -2.42. The maximum atomic E-state index is 16.1. The lowest BCUT2D eigenvalue weighted by molar-refractivity contribution is 0.0494. The molecule has 0 bridgehead atoms. The van der Waals surface area contributed by atoms with Gasteiger partial charge in [-0.15, -0.1) is 21.5 Å². The number of benzene rings is 5. The summed E-state index contributed by atoms with van der Waals surface area (Å²) in [7, 11) is -5.28. The molecule has 22 heteroatoms. The number of tetrazole rings is 1. The third-order valence-electron chi connectivity index (χ3n) is 10.5. The predicted molar refractivity (Wildman–Crippen MR) is 260 cm³/mol. The Hall–Kier alpha value is -6.53. The van der Waals surface area contributed by atoms with Crippen LogP contribution < -0.4 is 30.0 Å². The molecule has 0 saturated heterocycles. The molecule has 0 aliphatic carbocycles. The molecule has 0 spiro atoms. The van der Waals surface area contributed by atoms with Gasteiger partial charge in [-0.1, -0.05) is 54.6 Å². The number of hydrogen-bond acceptors (Lipinski definition) is 16. The van der Waals surface area contributed by atoms with Crippen LogP contribution in [0.15, 0.2) is 113 Å². The fraction of sp³-hybridized carbons (Fsp3) is 0.298. The van der Waals surface area contributed by atoms with Gasteiger partial charge in [0.2, 0.25) is 25.9 Å². The molecule has 0 fully saturated rings. The quantitative estimate of drug-likeness (QED) is 0.0714. The van der Waals surface area contributed by atoms with Crippen LogP contribution in [0, 0.1) is 0 Å². The van der Waals surface area contributed by atoms with Crippen LogP contribution in [0.25, 0.3) is 32.7 Å². The van der Waals surface area contributed by atoms with Crippen LogP contribution in [-0.4, -0.2) is 104 Å². The van der Waals surface area contributed by atoms with Crippen molar-refractivity contribution in [3.8, 4) is 39.8 Å². The fourth-order valence-corrected chi connectivity index (χ4v) is 11.5.